The smallest absolute Gasteiger partial charge is 0.225 e. The molecule has 25 heavy (non-hydrogen) atoms. The molecule has 0 aromatic heterocycles. The summed E-state index contributed by atoms with van der Waals surface area (Å²) in [5.74, 6) is 0.934. The molecule has 0 bridgehead atoms. The number of methoxy groups -OCH3 is 1. The number of amides is 1. The van der Waals surface area contributed by atoms with E-state index < -0.39 is 0 Å². The first kappa shape index (κ1) is 17.9. The van der Waals surface area contributed by atoms with Crippen LogP contribution in [0.2, 0.25) is 0 Å². The average molecular weight is 404 g/mol. The molecule has 0 saturated carbocycles. The SMILES string of the molecule is COc1ccc(CC(=O)NC2NNC(C)C2c2ccc(Br)cc2)cc1. The topological polar surface area (TPSA) is 62.4 Å². The Hall–Kier alpha value is -1.89. The summed E-state index contributed by atoms with van der Waals surface area (Å²) in [6.07, 6.45) is 0.186. The second-order valence-electron chi connectivity index (χ2n) is 6.22. The molecule has 1 fully saturated rings. The van der Waals surface area contributed by atoms with E-state index in [0.29, 0.717) is 6.42 Å². The van der Waals surface area contributed by atoms with Crippen LogP contribution in [0.5, 0.6) is 5.75 Å². The van der Waals surface area contributed by atoms with Crippen LogP contribution in [-0.2, 0) is 11.2 Å². The monoisotopic (exact) mass is 403 g/mol. The highest BCUT2D eigenvalue weighted by Gasteiger charge is 2.35. The lowest BCUT2D eigenvalue weighted by Gasteiger charge is -2.22. The first-order chi connectivity index (χ1) is 12.1. The third-order valence-electron chi connectivity index (χ3n) is 4.46. The molecule has 1 saturated heterocycles. The maximum atomic E-state index is 12.4. The number of benzene rings is 2. The average Bonchev–Trinajstić information content (AvgIpc) is 2.96. The van der Waals surface area contributed by atoms with Crippen LogP contribution in [-0.4, -0.2) is 25.2 Å². The minimum Gasteiger partial charge on any atom is -0.497 e. The molecule has 6 heteroatoms. The van der Waals surface area contributed by atoms with E-state index in [9.17, 15) is 4.79 Å². The second kappa shape index (κ2) is 7.99. The van der Waals surface area contributed by atoms with Gasteiger partial charge in [-0.1, -0.05) is 40.2 Å². The molecule has 2 aromatic carbocycles. The molecule has 3 atom stereocenters. The van der Waals surface area contributed by atoms with Crippen LogP contribution >= 0.6 is 15.9 Å². The number of carbonyl (C=O) groups is 1. The molecule has 1 aliphatic heterocycles. The van der Waals surface area contributed by atoms with Crippen molar-refractivity contribution in [3.63, 3.8) is 0 Å². The first-order valence-corrected chi connectivity index (χ1v) is 9.05. The molecule has 1 heterocycles. The van der Waals surface area contributed by atoms with E-state index in [0.717, 1.165) is 15.8 Å². The number of rotatable bonds is 5. The Morgan fingerprint density at radius 2 is 1.80 bits per heavy atom. The molecular weight excluding hydrogens is 382 g/mol. The summed E-state index contributed by atoms with van der Waals surface area (Å²) in [7, 11) is 1.63. The number of hydrogen-bond acceptors (Lipinski definition) is 4. The molecule has 3 N–H and O–H groups in total. The minimum absolute atomic E-state index is 0.0133. The van der Waals surface area contributed by atoms with Gasteiger partial charge in [0.25, 0.3) is 0 Å². The summed E-state index contributed by atoms with van der Waals surface area (Å²) >= 11 is 3.46. The molecule has 3 unspecified atom stereocenters. The number of ether oxygens (including phenoxy) is 1. The molecular formula is C19H22BrN3O2. The molecule has 3 rings (SSSR count). The van der Waals surface area contributed by atoms with Crippen molar-refractivity contribution in [1.82, 2.24) is 16.2 Å². The van der Waals surface area contributed by atoms with Gasteiger partial charge in [0, 0.05) is 16.4 Å². The van der Waals surface area contributed by atoms with Gasteiger partial charge in [-0.25, -0.2) is 5.43 Å². The first-order valence-electron chi connectivity index (χ1n) is 8.25. The van der Waals surface area contributed by atoms with Crippen molar-refractivity contribution in [3.05, 3.63) is 64.1 Å². The fraction of sp³-hybridized carbons (Fsp3) is 0.316. The highest BCUT2D eigenvalue weighted by molar-refractivity contribution is 9.10. The van der Waals surface area contributed by atoms with Crippen LogP contribution in [0, 0.1) is 0 Å². The number of halogens is 1. The van der Waals surface area contributed by atoms with Gasteiger partial charge in [-0.05, 0) is 42.3 Å². The lowest BCUT2D eigenvalue weighted by atomic mass is 9.91. The van der Waals surface area contributed by atoms with Crippen molar-refractivity contribution < 1.29 is 9.53 Å². The Balaban J connectivity index is 1.65. The Morgan fingerprint density at radius 3 is 2.44 bits per heavy atom. The van der Waals surface area contributed by atoms with Gasteiger partial charge in [0.15, 0.2) is 0 Å². The number of carbonyl (C=O) groups excluding carboxylic acids is 1. The van der Waals surface area contributed by atoms with Crippen molar-refractivity contribution in [2.45, 2.75) is 31.5 Å². The number of hydrogen-bond donors (Lipinski definition) is 3. The fourth-order valence-electron chi connectivity index (χ4n) is 3.13. The highest BCUT2D eigenvalue weighted by Crippen LogP contribution is 2.27. The Bertz CT molecular complexity index is 718. The standard InChI is InChI=1S/C19H22BrN3O2/c1-12-18(14-5-7-15(20)8-6-14)19(23-22-12)21-17(24)11-13-3-9-16(25-2)10-4-13/h3-10,12,18-19,22-23H,11H2,1-2H3,(H,21,24). The van der Waals surface area contributed by atoms with E-state index >= 15 is 0 Å². The van der Waals surface area contributed by atoms with Crippen molar-refractivity contribution in [2.24, 2.45) is 0 Å². The van der Waals surface area contributed by atoms with Gasteiger partial charge in [-0.15, -0.1) is 0 Å². The van der Waals surface area contributed by atoms with E-state index in [1.54, 1.807) is 7.11 Å². The van der Waals surface area contributed by atoms with E-state index in [2.05, 4.69) is 51.2 Å². The third-order valence-corrected chi connectivity index (χ3v) is 4.99. The van der Waals surface area contributed by atoms with Gasteiger partial charge >= 0.3 is 0 Å². The molecule has 0 aliphatic carbocycles. The van der Waals surface area contributed by atoms with E-state index in [-0.39, 0.29) is 24.0 Å². The summed E-state index contributed by atoms with van der Waals surface area (Å²) in [5, 5.41) is 3.09. The molecule has 0 radical (unpaired) electrons. The van der Waals surface area contributed by atoms with Gasteiger partial charge < -0.3 is 10.1 Å². The van der Waals surface area contributed by atoms with Crippen LogP contribution in [0.3, 0.4) is 0 Å². The zero-order valence-electron chi connectivity index (χ0n) is 14.3. The summed E-state index contributed by atoms with van der Waals surface area (Å²) in [4.78, 5) is 12.4. The lowest BCUT2D eigenvalue weighted by Crippen LogP contribution is -2.46. The van der Waals surface area contributed by atoms with Crippen molar-refractivity contribution in [1.29, 1.82) is 0 Å². The van der Waals surface area contributed by atoms with Crippen LogP contribution in [0.25, 0.3) is 0 Å². The zero-order chi connectivity index (χ0) is 17.8. The quantitative estimate of drug-likeness (QED) is 0.717. The van der Waals surface area contributed by atoms with Crippen LogP contribution in [0.15, 0.2) is 53.0 Å². The lowest BCUT2D eigenvalue weighted by molar-refractivity contribution is -0.121. The van der Waals surface area contributed by atoms with Crippen molar-refractivity contribution >= 4 is 21.8 Å². The summed E-state index contributed by atoms with van der Waals surface area (Å²) in [6, 6.07) is 16.0. The molecule has 132 valence electrons. The zero-order valence-corrected chi connectivity index (χ0v) is 15.8. The molecule has 1 aliphatic rings. The number of nitrogens with one attached hydrogen (secondary N) is 3. The Kier molecular flexibility index (Phi) is 5.73. The van der Waals surface area contributed by atoms with Crippen LogP contribution in [0.4, 0.5) is 0 Å². The summed E-state index contributed by atoms with van der Waals surface area (Å²) in [5.41, 5.74) is 8.55. The summed E-state index contributed by atoms with van der Waals surface area (Å²) in [6.45, 7) is 2.11. The second-order valence-corrected chi connectivity index (χ2v) is 7.14. The van der Waals surface area contributed by atoms with E-state index in [1.807, 2.05) is 36.4 Å². The van der Waals surface area contributed by atoms with Crippen LogP contribution in [0.1, 0.15) is 24.0 Å². The highest BCUT2D eigenvalue weighted by atomic mass is 79.9. The van der Waals surface area contributed by atoms with Crippen molar-refractivity contribution in [2.75, 3.05) is 7.11 Å². The predicted octanol–water partition coefficient (Wildman–Crippen LogP) is 2.72. The maximum absolute atomic E-state index is 12.4. The number of hydrazine groups is 1. The van der Waals surface area contributed by atoms with Gasteiger partial charge in [-0.2, -0.15) is 0 Å². The van der Waals surface area contributed by atoms with Gasteiger partial charge in [0.05, 0.1) is 13.5 Å². The Morgan fingerprint density at radius 1 is 1.12 bits per heavy atom. The molecule has 1 amide bonds. The summed E-state index contributed by atoms with van der Waals surface area (Å²) < 4.78 is 6.19. The third kappa shape index (κ3) is 4.39. The Labute approximate surface area is 156 Å². The van der Waals surface area contributed by atoms with Crippen LogP contribution < -0.4 is 20.9 Å². The normalized spacial score (nSPS) is 22.6. The molecule has 0 spiro atoms. The molecule has 5 nitrogen and oxygen atoms in total. The van der Waals surface area contributed by atoms with E-state index in [4.69, 9.17) is 4.74 Å². The predicted molar refractivity (Wildman–Crippen MR) is 101 cm³/mol. The van der Waals surface area contributed by atoms with Gasteiger partial charge in [-0.3, -0.25) is 10.2 Å². The largest absolute Gasteiger partial charge is 0.497 e. The fourth-order valence-corrected chi connectivity index (χ4v) is 3.40. The molecule has 2 aromatic rings. The van der Waals surface area contributed by atoms with Gasteiger partial charge in [0.1, 0.15) is 11.9 Å². The van der Waals surface area contributed by atoms with Crippen molar-refractivity contribution in [3.8, 4) is 5.75 Å². The maximum Gasteiger partial charge on any atom is 0.225 e. The minimum atomic E-state index is -0.151. The van der Waals surface area contributed by atoms with E-state index in [1.165, 1.54) is 5.56 Å². The van der Waals surface area contributed by atoms with Gasteiger partial charge in [0.2, 0.25) is 5.91 Å².